The van der Waals surface area contributed by atoms with Crippen LogP contribution in [0.5, 0.6) is 11.5 Å². The van der Waals surface area contributed by atoms with Gasteiger partial charge in [-0.25, -0.2) is 4.98 Å². The number of nitriles is 1. The lowest BCUT2D eigenvalue weighted by atomic mass is 9.78. The van der Waals surface area contributed by atoms with Gasteiger partial charge in [-0.1, -0.05) is 117 Å². The van der Waals surface area contributed by atoms with Crippen molar-refractivity contribution < 1.29 is 4.74 Å². The van der Waals surface area contributed by atoms with Crippen molar-refractivity contribution in [1.82, 2.24) is 9.55 Å². The van der Waals surface area contributed by atoms with Crippen LogP contribution in [0.4, 0.5) is 22.7 Å². The third kappa shape index (κ3) is 7.40. The highest BCUT2D eigenvalue weighted by Crippen LogP contribution is 2.50. The first-order valence-electron chi connectivity index (χ1n) is 21.2. The van der Waals surface area contributed by atoms with Gasteiger partial charge in [0.2, 0.25) is 0 Å². The molecule has 0 bridgehead atoms. The molecule has 0 saturated carbocycles. The maximum Gasteiger partial charge on any atom is 0.137 e. The van der Waals surface area contributed by atoms with E-state index in [2.05, 4.69) is 192 Å². The topological polar surface area (TPSA) is 57.3 Å². The number of para-hydroxylation sites is 2. The molecule has 0 aliphatic carbocycles. The Morgan fingerprint density at radius 2 is 1.25 bits per heavy atom. The minimum absolute atomic E-state index is 0.00417. The van der Waals surface area contributed by atoms with Crippen molar-refractivity contribution in [1.29, 1.82) is 5.26 Å². The lowest BCUT2D eigenvalue weighted by Gasteiger charge is -2.27. The zero-order chi connectivity index (χ0) is 42.8. The molecular formula is C55H53N5O. The van der Waals surface area contributed by atoms with E-state index in [1.54, 1.807) is 0 Å². The molecule has 9 rings (SSSR count). The van der Waals surface area contributed by atoms with Gasteiger partial charge < -0.3 is 14.5 Å². The van der Waals surface area contributed by atoms with E-state index in [-0.39, 0.29) is 16.2 Å². The Labute approximate surface area is 360 Å². The third-order valence-electron chi connectivity index (χ3n) is 12.0. The number of hydrogen-bond acceptors (Lipinski definition) is 5. The molecule has 0 radical (unpaired) electrons. The van der Waals surface area contributed by atoms with Crippen molar-refractivity contribution in [2.45, 2.75) is 78.6 Å². The number of ether oxygens (including phenoxy) is 1. The molecule has 61 heavy (non-hydrogen) atoms. The molecule has 0 fully saturated rings. The van der Waals surface area contributed by atoms with Gasteiger partial charge in [-0.05, 0) is 111 Å². The number of nitrogens with zero attached hydrogens (tertiary/aromatic N) is 5. The standard InChI is InChI=1S/C55H53N5O/c1-53(2,3)38-25-26-57-51(31-38)60-48-24-21-36(34-56)27-47(48)46-23-22-44(33-50(46)60)61-43-18-13-17-42(32-43)58-35-59(41-15-11-10-12-16-41)52-45(19-14-20-49(52)58)37-28-39(54(4,5)6)30-40(29-37)55(7,8)9/h10-33H,35H2,1-9H3. The summed E-state index contributed by atoms with van der Waals surface area (Å²) in [6.45, 7) is 21.1. The minimum atomic E-state index is -0.0492. The molecule has 6 nitrogen and oxygen atoms in total. The summed E-state index contributed by atoms with van der Waals surface area (Å²) in [7, 11) is 0. The number of fused-ring (bicyclic) bond motifs is 4. The van der Waals surface area contributed by atoms with Gasteiger partial charge in [-0.2, -0.15) is 5.26 Å². The highest BCUT2D eigenvalue weighted by Gasteiger charge is 2.32. The van der Waals surface area contributed by atoms with E-state index in [0.29, 0.717) is 18.0 Å². The highest BCUT2D eigenvalue weighted by molar-refractivity contribution is 6.10. The molecule has 0 spiro atoms. The van der Waals surface area contributed by atoms with Gasteiger partial charge in [0.1, 0.15) is 24.0 Å². The second-order valence-electron chi connectivity index (χ2n) is 19.4. The van der Waals surface area contributed by atoms with Crippen LogP contribution in [-0.2, 0) is 16.2 Å². The second kappa shape index (κ2) is 14.7. The van der Waals surface area contributed by atoms with E-state index < -0.39 is 0 Å². The van der Waals surface area contributed by atoms with Crippen LogP contribution in [0.2, 0.25) is 0 Å². The predicted octanol–water partition coefficient (Wildman–Crippen LogP) is 14.6. The van der Waals surface area contributed by atoms with Crippen molar-refractivity contribution in [3.63, 3.8) is 0 Å². The van der Waals surface area contributed by atoms with E-state index in [1.165, 1.54) is 33.5 Å². The first-order valence-corrected chi connectivity index (χ1v) is 21.2. The number of pyridine rings is 1. The van der Waals surface area contributed by atoms with Crippen LogP contribution in [-0.4, -0.2) is 16.2 Å². The zero-order valence-electron chi connectivity index (χ0n) is 36.7. The zero-order valence-corrected chi connectivity index (χ0v) is 36.7. The van der Waals surface area contributed by atoms with Gasteiger partial charge in [0.05, 0.1) is 34.0 Å². The Morgan fingerprint density at radius 3 is 1.95 bits per heavy atom. The summed E-state index contributed by atoms with van der Waals surface area (Å²) in [6, 6.07) is 51.6. The number of hydrogen-bond donors (Lipinski definition) is 0. The molecule has 0 atom stereocenters. The largest absolute Gasteiger partial charge is 0.457 e. The van der Waals surface area contributed by atoms with Gasteiger partial charge in [-0.15, -0.1) is 0 Å². The average Bonchev–Trinajstić information content (AvgIpc) is 3.79. The fourth-order valence-corrected chi connectivity index (χ4v) is 8.48. The monoisotopic (exact) mass is 799 g/mol. The molecule has 0 N–H and O–H groups in total. The smallest absolute Gasteiger partial charge is 0.137 e. The molecule has 6 aromatic carbocycles. The fraction of sp³-hybridized carbons (Fsp3) is 0.236. The molecule has 2 aromatic heterocycles. The summed E-state index contributed by atoms with van der Waals surface area (Å²) < 4.78 is 8.94. The predicted molar refractivity (Wildman–Crippen MR) is 253 cm³/mol. The van der Waals surface area contributed by atoms with Gasteiger partial charge in [0, 0.05) is 46.0 Å². The first-order chi connectivity index (χ1) is 29.1. The molecule has 0 saturated heterocycles. The summed E-state index contributed by atoms with van der Waals surface area (Å²) in [4.78, 5) is 9.68. The Balaban J connectivity index is 1.13. The van der Waals surface area contributed by atoms with Crippen LogP contribution in [0, 0.1) is 11.3 Å². The summed E-state index contributed by atoms with van der Waals surface area (Å²) >= 11 is 0. The molecule has 1 aliphatic rings. The summed E-state index contributed by atoms with van der Waals surface area (Å²) in [5.41, 5.74) is 13.3. The van der Waals surface area contributed by atoms with Crippen LogP contribution in [0.1, 0.15) is 84.6 Å². The van der Waals surface area contributed by atoms with Gasteiger partial charge in [0.15, 0.2) is 0 Å². The molecule has 0 amide bonds. The molecule has 8 aromatic rings. The number of benzene rings is 6. The van der Waals surface area contributed by atoms with Crippen molar-refractivity contribution >= 4 is 44.6 Å². The normalized spacial score (nSPS) is 13.2. The first kappa shape index (κ1) is 39.6. The Bertz CT molecular complexity index is 2970. The van der Waals surface area contributed by atoms with Gasteiger partial charge in [0.25, 0.3) is 0 Å². The average molecular weight is 800 g/mol. The Morgan fingerprint density at radius 1 is 0.557 bits per heavy atom. The Kier molecular flexibility index (Phi) is 9.55. The molecule has 6 heteroatoms. The molecular weight excluding hydrogens is 747 g/mol. The van der Waals surface area contributed by atoms with Crippen molar-refractivity contribution in [2.75, 3.05) is 16.5 Å². The lowest BCUT2D eigenvalue weighted by Crippen LogP contribution is -2.24. The second-order valence-corrected chi connectivity index (χ2v) is 19.4. The van der Waals surface area contributed by atoms with Crippen LogP contribution in [0.25, 0.3) is 38.8 Å². The van der Waals surface area contributed by atoms with Crippen LogP contribution >= 0.6 is 0 Å². The van der Waals surface area contributed by atoms with E-state index in [0.717, 1.165) is 50.4 Å². The minimum Gasteiger partial charge on any atom is -0.457 e. The van der Waals surface area contributed by atoms with E-state index in [1.807, 2.05) is 36.5 Å². The van der Waals surface area contributed by atoms with Crippen molar-refractivity contribution in [3.8, 4) is 34.5 Å². The summed E-state index contributed by atoms with van der Waals surface area (Å²) in [5, 5.41) is 11.8. The van der Waals surface area contributed by atoms with Gasteiger partial charge >= 0.3 is 0 Å². The van der Waals surface area contributed by atoms with Crippen LogP contribution < -0.4 is 14.5 Å². The maximum absolute atomic E-state index is 9.80. The number of rotatable bonds is 6. The maximum atomic E-state index is 9.80. The Hall–Kier alpha value is -6.84. The van der Waals surface area contributed by atoms with E-state index in [4.69, 9.17) is 9.72 Å². The molecule has 3 heterocycles. The number of aromatic nitrogens is 2. The third-order valence-corrected chi connectivity index (χ3v) is 12.0. The highest BCUT2D eigenvalue weighted by atomic mass is 16.5. The van der Waals surface area contributed by atoms with Crippen molar-refractivity contribution in [2.24, 2.45) is 0 Å². The molecule has 304 valence electrons. The number of anilines is 4. The summed E-state index contributed by atoms with van der Waals surface area (Å²) in [6.07, 6.45) is 1.88. The molecule has 0 unspecified atom stereocenters. The fourth-order valence-electron chi connectivity index (χ4n) is 8.48. The SMILES string of the molecule is CC(C)(C)c1cc(-c2cccc3c2N(c2ccccc2)CN3c2cccc(Oc3ccc4c5cc(C#N)ccc5n(-c5cc(C(C)(C)C)ccn5)c4c3)c2)cc(C(C)(C)C)c1. The van der Waals surface area contributed by atoms with Crippen molar-refractivity contribution in [3.05, 3.63) is 168 Å². The van der Waals surface area contributed by atoms with Crippen LogP contribution in [0.15, 0.2) is 146 Å². The van der Waals surface area contributed by atoms with Gasteiger partial charge in [-0.3, -0.25) is 4.57 Å². The van der Waals surface area contributed by atoms with E-state index in [9.17, 15) is 5.26 Å². The van der Waals surface area contributed by atoms with E-state index >= 15 is 0 Å². The quantitative estimate of drug-likeness (QED) is 0.168. The molecule has 1 aliphatic heterocycles. The summed E-state index contributed by atoms with van der Waals surface area (Å²) in [5.74, 6) is 2.28. The van der Waals surface area contributed by atoms with Crippen LogP contribution in [0.3, 0.4) is 0 Å². The lowest BCUT2D eigenvalue weighted by molar-refractivity contribution is 0.483.